The van der Waals surface area contributed by atoms with Gasteiger partial charge in [0.1, 0.15) is 0 Å². The van der Waals surface area contributed by atoms with Gasteiger partial charge in [0.05, 0.1) is 0 Å². The number of halogens is 3. The van der Waals surface area contributed by atoms with Crippen molar-refractivity contribution in [2.45, 2.75) is 6.18 Å². The number of hydrogen-bond acceptors (Lipinski definition) is 2. The van der Waals surface area contributed by atoms with Gasteiger partial charge >= 0.3 is 131 Å². The van der Waals surface area contributed by atoms with Gasteiger partial charge in [0.2, 0.25) is 0 Å². The number of ether oxygens (including phenoxy) is 1. The van der Waals surface area contributed by atoms with Crippen molar-refractivity contribution in [2.24, 2.45) is 4.99 Å². The summed E-state index contributed by atoms with van der Waals surface area (Å²) in [5.74, 6) is 0.585. The van der Waals surface area contributed by atoms with Crippen LogP contribution in [0.2, 0.25) is 0 Å². The predicted molar refractivity (Wildman–Crippen MR) is 78.0 cm³/mol. The second-order valence-corrected chi connectivity index (χ2v) is 7.06. The van der Waals surface area contributed by atoms with E-state index in [4.69, 9.17) is 4.74 Å². The average Bonchev–Trinajstić information content (AvgIpc) is 2.47. The summed E-state index contributed by atoms with van der Waals surface area (Å²) >= 11 is -1.58. The Kier molecular flexibility index (Phi) is 5.27. The van der Waals surface area contributed by atoms with Crippen LogP contribution in [0, 0.1) is 0 Å². The van der Waals surface area contributed by atoms with Crippen LogP contribution < -0.4 is 8.35 Å². The molecule has 0 radical (unpaired) electrons. The van der Waals surface area contributed by atoms with Crippen LogP contribution in [0.1, 0.15) is 0 Å². The van der Waals surface area contributed by atoms with Gasteiger partial charge in [-0.3, -0.25) is 0 Å². The van der Waals surface area contributed by atoms with Crippen molar-refractivity contribution in [3.8, 4) is 5.75 Å². The Bertz CT molecular complexity index is 609. The zero-order valence-corrected chi connectivity index (χ0v) is 13.4. The molecule has 2 aromatic rings. The maximum atomic E-state index is 13.1. The third-order valence-electron chi connectivity index (χ3n) is 2.50. The number of alkyl halides is 3. The fourth-order valence-corrected chi connectivity index (χ4v) is 3.75. The van der Waals surface area contributed by atoms with Gasteiger partial charge < -0.3 is 0 Å². The second-order valence-electron chi connectivity index (χ2n) is 4.03. The van der Waals surface area contributed by atoms with E-state index in [1.807, 2.05) is 0 Å². The van der Waals surface area contributed by atoms with E-state index in [-0.39, 0.29) is 5.69 Å². The van der Waals surface area contributed by atoms with E-state index in [1.54, 1.807) is 42.5 Å². The second kappa shape index (κ2) is 6.97. The quantitative estimate of drug-likeness (QED) is 0.564. The molecule has 0 aliphatic rings. The zero-order chi connectivity index (χ0) is 15.3. The van der Waals surface area contributed by atoms with Gasteiger partial charge in [0.15, 0.2) is 0 Å². The topological polar surface area (TPSA) is 21.6 Å². The minimum atomic E-state index is -4.40. The monoisotopic (exact) mass is 409 g/mol. The van der Waals surface area contributed by atoms with E-state index >= 15 is 0 Å². The summed E-state index contributed by atoms with van der Waals surface area (Å²) < 4.78 is 44.3. The van der Waals surface area contributed by atoms with Crippen LogP contribution in [0.4, 0.5) is 18.9 Å². The van der Waals surface area contributed by atoms with E-state index in [2.05, 4.69) is 4.99 Å². The van der Waals surface area contributed by atoms with E-state index in [1.165, 1.54) is 19.2 Å². The average molecular weight is 407 g/mol. The zero-order valence-electron chi connectivity index (χ0n) is 11.1. The fraction of sp³-hybridized carbons (Fsp3) is 0.133. The molecule has 2 nitrogen and oxygen atoms in total. The first-order valence-electron chi connectivity index (χ1n) is 6.02. The van der Waals surface area contributed by atoms with E-state index in [0.29, 0.717) is 9.36 Å². The van der Waals surface area contributed by atoms with Crippen molar-refractivity contribution < 1.29 is 17.9 Å². The van der Waals surface area contributed by atoms with Gasteiger partial charge in [-0.15, -0.1) is 0 Å². The van der Waals surface area contributed by atoms with Gasteiger partial charge in [-0.1, -0.05) is 0 Å². The van der Waals surface area contributed by atoms with Gasteiger partial charge in [-0.25, -0.2) is 0 Å². The van der Waals surface area contributed by atoms with Gasteiger partial charge in [0.25, 0.3) is 0 Å². The molecule has 0 unspecified atom stereocenters. The van der Waals surface area contributed by atoms with Crippen LogP contribution in [0.5, 0.6) is 5.75 Å². The van der Waals surface area contributed by atoms with Gasteiger partial charge in [-0.2, -0.15) is 0 Å². The third kappa shape index (κ3) is 4.76. The van der Waals surface area contributed by atoms with Gasteiger partial charge in [0, 0.05) is 0 Å². The molecule has 0 atom stereocenters. The Morgan fingerprint density at radius 2 is 1.62 bits per heavy atom. The summed E-state index contributed by atoms with van der Waals surface area (Å²) in [5.41, 5.74) is 0.282. The predicted octanol–water partition coefficient (Wildman–Crippen LogP) is 3.32. The number of rotatable bonds is 4. The van der Waals surface area contributed by atoms with Crippen molar-refractivity contribution in [3.63, 3.8) is 0 Å². The fourth-order valence-electron chi connectivity index (χ4n) is 1.52. The van der Waals surface area contributed by atoms with Crippen LogP contribution in [0.3, 0.4) is 0 Å². The third-order valence-corrected chi connectivity index (χ3v) is 5.43. The molecule has 2 rings (SSSR count). The van der Waals surface area contributed by atoms with E-state index in [9.17, 15) is 13.2 Å². The molecule has 6 heteroatoms. The summed E-state index contributed by atoms with van der Waals surface area (Å²) in [4.78, 5) is 3.79. The van der Waals surface area contributed by atoms with Crippen molar-refractivity contribution in [3.05, 3.63) is 54.6 Å². The first-order valence-corrected chi connectivity index (χ1v) is 8.35. The van der Waals surface area contributed by atoms with Crippen molar-refractivity contribution in [2.75, 3.05) is 7.11 Å². The number of hydrogen-bond donors (Lipinski definition) is 0. The Labute approximate surface area is 130 Å². The summed E-state index contributed by atoms with van der Waals surface area (Å²) in [6.45, 7) is 0. The molecule has 0 bridgehead atoms. The van der Waals surface area contributed by atoms with E-state index in [0.717, 1.165) is 0 Å². The van der Waals surface area contributed by atoms with Crippen LogP contribution >= 0.6 is 0 Å². The molecule has 0 aliphatic carbocycles. The summed E-state index contributed by atoms with van der Waals surface area (Å²) in [6, 6.07) is 14.9. The number of nitrogens with zero attached hydrogens (tertiary/aromatic N) is 1. The molecule has 0 saturated carbocycles. The van der Waals surface area contributed by atoms with Crippen molar-refractivity contribution in [1.29, 1.82) is 0 Å². The summed E-state index contributed by atoms with van der Waals surface area (Å²) in [5, 5.41) is 0. The molecule has 0 aromatic heterocycles. The van der Waals surface area contributed by atoms with Crippen LogP contribution in [0.15, 0.2) is 59.6 Å². The first kappa shape index (κ1) is 15.9. The normalized spacial score (nSPS) is 12.3. The SMILES string of the molecule is COc1ccc(N=C([Te]c2ccccc2)C(F)(F)F)cc1. The standard InChI is InChI=1S/C15H12F3NOTe/c1-20-12-9-7-11(8-10-12)19-14(15(16,17)18)21-13-5-3-2-4-6-13/h2-10H,1H3. The molecular weight excluding hydrogens is 395 g/mol. The molecule has 0 amide bonds. The van der Waals surface area contributed by atoms with Crippen LogP contribution in [-0.4, -0.2) is 38.0 Å². The minimum absolute atomic E-state index is 0.282. The van der Waals surface area contributed by atoms with Crippen molar-refractivity contribution >= 4 is 34.0 Å². The molecule has 0 fully saturated rings. The molecule has 0 N–H and O–H groups in total. The first-order chi connectivity index (χ1) is 9.99. The number of aliphatic imine (C=N–C) groups is 1. The van der Waals surface area contributed by atoms with Crippen LogP contribution in [0.25, 0.3) is 0 Å². The molecule has 21 heavy (non-hydrogen) atoms. The molecule has 110 valence electrons. The molecule has 0 spiro atoms. The molecular formula is C15H12F3NOTe. The maximum absolute atomic E-state index is 13.1. The Balaban J connectivity index is 2.29. The molecule has 0 saturated heterocycles. The Morgan fingerprint density at radius 1 is 1.00 bits per heavy atom. The molecule has 0 heterocycles. The molecule has 2 aromatic carbocycles. The van der Waals surface area contributed by atoms with Crippen molar-refractivity contribution in [1.82, 2.24) is 0 Å². The van der Waals surface area contributed by atoms with E-state index < -0.39 is 30.9 Å². The number of methoxy groups -OCH3 is 1. The van der Waals surface area contributed by atoms with Gasteiger partial charge in [-0.05, 0) is 0 Å². The summed E-state index contributed by atoms with van der Waals surface area (Å²) in [6.07, 6.45) is -4.40. The number of benzene rings is 2. The van der Waals surface area contributed by atoms with Crippen LogP contribution in [-0.2, 0) is 0 Å². The Hall–Kier alpha value is -1.51. The summed E-state index contributed by atoms with van der Waals surface area (Å²) in [7, 11) is 1.50. The molecule has 0 aliphatic heterocycles. The Morgan fingerprint density at radius 3 is 2.14 bits per heavy atom.